The number of nitrogens with two attached hydrogens (primary N) is 1. The average Bonchev–Trinajstić information content (AvgIpc) is 2.61. The van der Waals surface area contributed by atoms with E-state index in [9.17, 15) is 8.42 Å². The molecule has 0 saturated heterocycles. The van der Waals surface area contributed by atoms with Crippen molar-refractivity contribution in [1.82, 2.24) is 9.71 Å². The Kier molecular flexibility index (Phi) is 3.90. The van der Waals surface area contributed by atoms with Crippen LogP contribution in [0.3, 0.4) is 0 Å². The number of aromatic nitrogens is 1. The third-order valence-corrected chi connectivity index (χ3v) is 6.89. The molecular weight excluding hydrogens is 282 g/mol. The molecule has 0 bridgehead atoms. The van der Waals surface area contributed by atoms with Crippen LogP contribution in [0.5, 0.6) is 0 Å². The van der Waals surface area contributed by atoms with Crippen molar-refractivity contribution in [1.29, 1.82) is 0 Å². The Morgan fingerprint density at radius 3 is 2.63 bits per heavy atom. The monoisotopic (exact) mass is 303 g/mol. The summed E-state index contributed by atoms with van der Waals surface area (Å²) >= 11 is 1.03. The SMILES string of the molecule is Cc1nc(N)sc1S(=O)(=O)NC1CCCCC1(C)C. The van der Waals surface area contributed by atoms with Gasteiger partial charge in [-0.15, -0.1) is 0 Å². The average molecular weight is 303 g/mol. The first-order valence-corrected chi connectivity index (χ1v) is 8.77. The van der Waals surface area contributed by atoms with Gasteiger partial charge in [0.25, 0.3) is 10.0 Å². The molecule has 0 radical (unpaired) electrons. The molecule has 0 spiro atoms. The Morgan fingerprint density at radius 2 is 2.11 bits per heavy atom. The molecule has 1 aliphatic rings. The van der Waals surface area contributed by atoms with Crippen molar-refractivity contribution in [2.24, 2.45) is 5.41 Å². The van der Waals surface area contributed by atoms with Crippen LogP contribution in [0.2, 0.25) is 0 Å². The minimum Gasteiger partial charge on any atom is -0.375 e. The van der Waals surface area contributed by atoms with E-state index in [1.165, 1.54) is 0 Å². The summed E-state index contributed by atoms with van der Waals surface area (Å²) in [6.45, 7) is 5.91. The summed E-state index contributed by atoms with van der Waals surface area (Å²) in [6.07, 6.45) is 4.17. The second kappa shape index (κ2) is 5.03. The van der Waals surface area contributed by atoms with Gasteiger partial charge in [0.15, 0.2) is 9.34 Å². The predicted molar refractivity (Wildman–Crippen MR) is 77.6 cm³/mol. The highest BCUT2D eigenvalue weighted by atomic mass is 32.2. The molecule has 1 aliphatic carbocycles. The van der Waals surface area contributed by atoms with Crippen LogP contribution in [0.4, 0.5) is 5.13 Å². The van der Waals surface area contributed by atoms with Crippen LogP contribution in [-0.4, -0.2) is 19.4 Å². The van der Waals surface area contributed by atoms with Gasteiger partial charge in [0.1, 0.15) is 0 Å². The van der Waals surface area contributed by atoms with Crippen molar-refractivity contribution in [2.45, 2.75) is 56.7 Å². The number of sulfonamides is 1. The van der Waals surface area contributed by atoms with Crippen LogP contribution < -0.4 is 10.5 Å². The van der Waals surface area contributed by atoms with Crippen LogP contribution in [0, 0.1) is 12.3 Å². The Labute approximate surface area is 118 Å². The molecule has 0 aromatic carbocycles. The van der Waals surface area contributed by atoms with Crippen LogP contribution in [0.25, 0.3) is 0 Å². The van der Waals surface area contributed by atoms with E-state index < -0.39 is 10.0 Å². The smallest absolute Gasteiger partial charge is 0.252 e. The zero-order chi connectivity index (χ0) is 14.3. The molecule has 5 nitrogen and oxygen atoms in total. The van der Waals surface area contributed by atoms with E-state index in [-0.39, 0.29) is 15.7 Å². The molecule has 1 unspecified atom stereocenters. The largest absolute Gasteiger partial charge is 0.375 e. The van der Waals surface area contributed by atoms with E-state index >= 15 is 0 Å². The van der Waals surface area contributed by atoms with E-state index in [1.807, 2.05) is 0 Å². The quantitative estimate of drug-likeness (QED) is 0.897. The summed E-state index contributed by atoms with van der Waals surface area (Å²) in [4.78, 5) is 3.98. The van der Waals surface area contributed by atoms with Crippen LogP contribution in [0.1, 0.15) is 45.2 Å². The molecule has 0 aliphatic heterocycles. The lowest BCUT2D eigenvalue weighted by atomic mass is 9.74. The summed E-state index contributed by atoms with van der Waals surface area (Å²) in [7, 11) is -3.51. The maximum absolute atomic E-state index is 12.4. The Bertz CT molecular complexity index is 564. The van der Waals surface area contributed by atoms with Crippen LogP contribution in [-0.2, 0) is 10.0 Å². The number of thiazole rings is 1. The standard InChI is InChI=1S/C12H21N3O2S2/c1-8-10(18-11(13)14-8)19(16,17)15-9-6-4-5-7-12(9,2)3/h9,15H,4-7H2,1-3H3,(H2,13,14). The van der Waals surface area contributed by atoms with Crippen LogP contribution in [0.15, 0.2) is 4.21 Å². The number of nitrogens with one attached hydrogen (secondary N) is 1. The van der Waals surface area contributed by atoms with Gasteiger partial charge in [-0.25, -0.2) is 18.1 Å². The van der Waals surface area contributed by atoms with E-state index in [4.69, 9.17) is 5.73 Å². The second-order valence-electron chi connectivity index (χ2n) is 5.83. The fraction of sp³-hybridized carbons (Fsp3) is 0.750. The Hall–Kier alpha value is -0.660. The summed E-state index contributed by atoms with van der Waals surface area (Å²) in [5, 5.41) is 0.292. The van der Waals surface area contributed by atoms with Gasteiger partial charge in [-0.2, -0.15) is 0 Å². The maximum Gasteiger partial charge on any atom is 0.252 e. The van der Waals surface area contributed by atoms with E-state index in [2.05, 4.69) is 23.6 Å². The lowest BCUT2D eigenvalue weighted by Gasteiger charge is -2.38. The first-order chi connectivity index (χ1) is 8.72. The fourth-order valence-electron chi connectivity index (χ4n) is 2.61. The van der Waals surface area contributed by atoms with E-state index in [0.717, 1.165) is 37.0 Å². The van der Waals surface area contributed by atoms with E-state index in [0.29, 0.717) is 10.8 Å². The third-order valence-electron chi connectivity index (χ3n) is 3.82. The highest BCUT2D eigenvalue weighted by Crippen LogP contribution is 2.36. The van der Waals surface area contributed by atoms with Crippen molar-refractivity contribution in [3.05, 3.63) is 5.69 Å². The molecule has 7 heteroatoms. The summed E-state index contributed by atoms with van der Waals surface area (Å²) in [6, 6.07) is -0.0195. The molecule has 1 atom stereocenters. The molecule has 1 heterocycles. The van der Waals surface area contributed by atoms with E-state index in [1.54, 1.807) is 6.92 Å². The van der Waals surface area contributed by atoms with Gasteiger partial charge >= 0.3 is 0 Å². The Morgan fingerprint density at radius 1 is 1.42 bits per heavy atom. The molecule has 1 fully saturated rings. The van der Waals surface area contributed by atoms with Crippen molar-refractivity contribution < 1.29 is 8.42 Å². The first kappa shape index (κ1) is 14.7. The van der Waals surface area contributed by atoms with Gasteiger partial charge < -0.3 is 5.73 Å². The predicted octanol–water partition coefficient (Wildman–Crippen LogP) is 2.28. The van der Waals surface area contributed by atoms with Gasteiger partial charge in [-0.3, -0.25) is 0 Å². The lowest BCUT2D eigenvalue weighted by Crippen LogP contribution is -2.46. The highest BCUT2D eigenvalue weighted by Gasteiger charge is 2.36. The minimum atomic E-state index is -3.51. The minimum absolute atomic E-state index is 0.00451. The van der Waals surface area contributed by atoms with Crippen LogP contribution >= 0.6 is 11.3 Å². The van der Waals surface area contributed by atoms with Gasteiger partial charge in [-0.1, -0.05) is 38.0 Å². The van der Waals surface area contributed by atoms with Crippen molar-refractivity contribution in [3.8, 4) is 0 Å². The van der Waals surface area contributed by atoms with Crippen molar-refractivity contribution in [2.75, 3.05) is 5.73 Å². The number of hydrogen-bond donors (Lipinski definition) is 2. The molecule has 1 aromatic rings. The molecule has 1 aromatic heterocycles. The molecule has 0 amide bonds. The maximum atomic E-state index is 12.4. The molecular formula is C12H21N3O2S2. The normalized spacial score (nSPS) is 23.4. The van der Waals surface area contributed by atoms with Gasteiger partial charge in [0.05, 0.1) is 5.69 Å². The number of aryl methyl sites for hydroxylation is 1. The number of hydrogen-bond acceptors (Lipinski definition) is 5. The molecule has 2 rings (SSSR count). The third kappa shape index (κ3) is 3.09. The topological polar surface area (TPSA) is 85.1 Å². The summed E-state index contributed by atoms with van der Waals surface area (Å²) in [5.74, 6) is 0. The first-order valence-electron chi connectivity index (χ1n) is 6.47. The van der Waals surface area contributed by atoms with Crippen molar-refractivity contribution in [3.63, 3.8) is 0 Å². The molecule has 108 valence electrons. The molecule has 3 N–H and O–H groups in total. The highest BCUT2D eigenvalue weighted by molar-refractivity contribution is 7.91. The molecule has 1 saturated carbocycles. The number of nitrogen functional groups attached to an aromatic ring is 1. The van der Waals surface area contributed by atoms with Gasteiger partial charge in [0, 0.05) is 6.04 Å². The van der Waals surface area contributed by atoms with Crippen molar-refractivity contribution >= 4 is 26.5 Å². The Balaban J connectivity index is 2.24. The summed E-state index contributed by atoms with van der Waals surface area (Å²) < 4.78 is 27.9. The summed E-state index contributed by atoms with van der Waals surface area (Å²) in [5.41, 5.74) is 6.05. The lowest BCUT2D eigenvalue weighted by molar-refractivity contribution is 0.188. The second-order valence-corrected chi connectivity index (χ2v) is 8.77. The van der Waals surface area contributed by atoms with Gasteiger partial charge in [0.2, 0.25) is 0 Å². The number of anilines is 1. The fourth-order valence-corrected chi connectivity index (χ4v) is 5.36. The zero-order valence-electron chi connectivity index (χ0n) is 11.6. The van der Waals surface area contributed by atoms with Gasteiger partial charge in [-0.05, 0) is 25.2 Å². The number of nitrogens with zero attached hydrogens (tertiary/aromatic N) is 1. The molecule has 19 heavy (non-hydrogen) atoms. The number of rotatable bonds is 3. The zero-order valence-corrected chi connectivity index (χ0v) is 13.2.